The van der Waals surface area contributed by atoms with E-state index in [0.29, 0.717) is 0 Å². The van der Waals surface area contributed by atoms with Crippen molar-refractivity contribution in [3.8, 4) is 5.75 Å². The summed E-state index contributed by atoms with van der Waals surface area (Å²) in [6, 6.07) is 10.2. The van der Waals surface area contributed by atoms with E-state index in [1.54, 1.807) is 0 Å². The van der Waals surface area contributed by atoms with Gasteiger partial charge in [-0.25, -0.2) is 0 Å². The lowest BCUT2D eigenvalue weighted by atomic mass is 10.2. The highest BCUT2D eigenvalue weighted by Crippen LogP contribution is 2.24. The zero-order valence-corrected chi connectivity index (χ0v) is 11.9. The second-order valence-electron chi connectivity index (χ2n) is 5.22. The Morgan fingerprint density at radius 1 is 1.20 bits per heavy atom. The van der Waals surface area contributed by atoms with E-state index in [9.17, 15) is 0 Å². The van der Waals surface area contributed by atoms with Gasteiger partial charge in [-0.3, -0.25) is 9.88 Å². The van der Waals surface area contributed by atoms with Crippen molar-refractivity contribution in [2.45, 2.75) is 6.92 Å². The first-order chi connectivity index (χ1) is 9.83. The Hall–Kier alpha value is -1.65. The summed E-state index contributed by atoms with van der Waals surface area (Å²) in [5.41, 5.74) is 2.04. The van der Waals surface area contributed by atoms with Gasteiger partial charge in [-0.05, 0) is 31.2 Å². The van der Waals surface area contributed by atoms with Crippen LogP contribution in [0.15, 0.2) is 30.3 Å². The van der Waals surface area contributed by atoms with Gasteiger partial charge in [0, 0.05) is 43.8 Å². The minimum Gasteiger partial charge on any atom is -0.492 e. The summed E-state index contributed by atoms with van der Waals surface area (Å²) in [4.78, 5) is 6.97. The minimum atomic E-state index is 0.729. The van der Waals surface area contributed by atoms with E-state index >= 15 is 0 Å². The zero-order valence-electron chi connectivity index (χ0n) is 11.9. The number of nitrogens with one attached hydrogen (secondary N) is 1. The summed E-state index contributed by atoms with van der Waals surface area (Å²) >= 11 is 0. The first-order valence-electron chi connectivity index (χ1n) is 7.25. The first kappa shape index (κ1) is 13.3. The maximum atomic E-state index is 5.96. The lowest BCUT2D eigenvalue weighted by Crippen LogP contribution is -2.44. The standard InChI is InChI=1S/C16H21N3O/c1-13-5-6-14-15(18-13)3-2-4-16(14)20-12-11-19-9-7-17-8-10-19/h2-6,17H,7-12H2,1H3. The van der Waals surface area contributed by atoms with E-state index in [2.05, 4.69) is 21.3 Å². The Morgan fingerprint density at radius 3 is 2.90 bits per heavy atom. The summed E-state index contributed by atoms with van der Waals surface area (Å²) in [6.07, 6.45) is 0. The first-order valence-corrected chi connectivity index (χ1v) is 7.25. The highest BCUT2D eigenvalue weighted by molar-refractivity contribution is 5.85. The molecule has 106 valence electrons. The molecule has 1 saturated heterocycles. The Kier molecular flexibility index (Phi) is 4.14. The summed E-state index contributed by atoms with van der Waals surface area (Å²) in [7, 11) is 0. The highest BCUT2D eigenvalue weighted by Gasteiger charge is 2.09. The van der Waals surface area contributed by atoms with Crippen LogP contribution in [0.4, 0.5) is 0 Å². The van der Waals surface area contributed by atoms with Crippen molar-refractivity contribution in [1.82, 2.24) is 15.2 Å². The number of pyridine rings is 1. The van der Waals surface area contributed by atoms with Gasteiger partial charge in [-0.15, -0.1) is 0 Å². The third kappa shape index (κ3) is 3.08. The molecular weight excluding hydrogens is 250 g/mol. The van der Waals surface area contributed by atoms with Crippen LogP contribution in [0.5, 0.6) is 5.75 Å². The second-order valence-corrected chi connectivity index (χ2v) is 5.22. The number of ether oxygens (including phenoxy) is 1. The smallest absolute Gasteiger partial charge is 0.128 e. The van der Waals surface area contributed by atoms with Crippen molar-refractivity contribution >= 4 is 10.9 Å². The summed E-state index contributed by atoms with van der Waals surface area (Å²) in [5.74, 6) is 0.935. The van der Waals surface area contributed by atoms with Crippen molar-refractivity contribution in [3.05, 3.63) is 36.0 Å². The summed E-state index contributed by atoms with van der Waals surface area (Å²) < 4.78 is 5.96. The van der Waals surface area contributed by atoms with Gasteiger partial charge in [-0.2, -0.15) is 0 Å². The average molecular weight is 271 g/mol. The fraction of sp³-hybridized carbons (Fsp3) is 0.438. The number of nitrogens with zero attached hydrogens (tertiary/aromatic N) is 2. The molecular formula is C16H21N3O. The Morgan fingerprint density at radius 2 is 2.05 bits per heavy atom. The van der Waals surface area contributed by atoms with Gasteiger partial charge in [0.1, 0.15) is 12.4 Å². The van der Waals surface area contributed by atoms with Crippen LogP contribution in [0, 0.1) is 6.92 Å². The zero-order chi connectivity index (χ0) is 13.8. The number of piperazine rings is 1. The maximum Gasteiger partial charge on any atom is 0.128 e. The van der Waals surface area contributed by atoms with Crippen LogP contribution in [0.25, 0.3) is 10.9 Å². The Bertz CT molecular complexity index is 579. The Balaban J connectivity index is 1.65. The van der Waals surface area contributed by atoms with Gasteiger partial charge < -0.3 is 10.1 Å². The molecule has 1 aromatic heterocycles. The molecule has 4 heteroatoms. The Labute approximate surface area is 119 Å². The molecule has 0 spiro atoms. The lowest BCUT2D eigenvalue weighted by molar-refractivity contribution is 0.192. The van der Waals surface area contributed by atoms with E-state index in [1.807, 2.05) is 31.2 Å². The molecule has 3 rings (SSSR count). The van der Waals surface area contributed by atoms with Crippen LogP contribution in [-0.4, -0.2) is 49.2 Å². The van der Waals surface area contributed by atoms with Crippen molar-refractivity contribution in [2.75, 3.05) is 39.3 Å². The number of fused-ring (bicyclic) bond motifs is 1. The molecule has 4 nitrogen and oxygen atoms in total. The molecule has 0 aliphatic carbocycles. The lowest BCUT2D eigenvalue weighted by Gasteiger charge is -2.27. The number of aromatic nitrogens is 1. The fourth-order valence-electron chi connectivity index (χ4n) is 2.57. The van der Waals surface area contributed by atoms with E-state index < -0.39 is 0 Å². The van der Waals surface area contributed by atoms with Crippen LogP contribution in [0.2, 0.25) is 0 Å². The predicted octanol–water partition coefficient (Wildman–Crippen LogP) is 1.83. The minimum absolute atomic E-state index is 0.729. The normalized spacial score (nSPS) is 16.4. The van der Waals surface area contributed by atoms with E-state index in [-0.39, 0.29) is 0 Å². The summed E-state index contributed by atoms with van der Waals surface area (Å²) in [5, 5.41) is 4.46. The summed E-state index contributed by atoms with van der Waals surface area (Å²) in [6.45, 7) is 8.11. The van der Waals surface area contributed by atoms with Crippen molar-refractivity contribution in [3.63, 3.8) is 0 Å². The number of hydrogen-bond acceptors (Lipinski definition) is 4. The molecule has 2 aromatic rings. The molecule has 1 aliphatic heterocycles. The number of aryl methyl sites for hydroxylation is 1. The third-order valence-electron chi connectivity index (χ3n) is 3.71. The number of hydrogen-bond donors (Lipinski definition) is 1. The predicted molar refractivity (Wildman–Crippen MR) is 81.3 cm³/mol. The molecule has 1 aliphatic rings. The molecule has 0 atom stereocenters. The molecule has 0 amide bonds. The van der Waals surface area contributed by atoms with Crippen LogP contribution in [0.1, 0.15) is 5.69 Å². The number of rotatable bonds is 4. The molecule has 1 aromatic carbocycles. The van der Waals surface area contributed by atoms with Crippen LogP contribution in [-0.2, 0) is 0 Å². The topological polar surface area (TPSA) is 37.4 Å². The SMILES string of the molecule is Cc1ccc2c(OCCN3CCNCC3)cccc2n1. The quantitative estimate of drug-likeness (QED) is 0.920. The molecule has 0 bridgehead atoms. The molecule has 20 heavy (non-hydrogen) atoms. The van der Waals surface area contributed by atoms with Crippen LogP contribution >= 0.6 is 0 Å². The van der Waals surface area contributed by atoms with E-state index in [0.717, 1.165) is 61.7 Å². The van der Waals surface area contributed by atoms with Gasteiger partial charge in [0.05, 0.1) is 5.52 Å². The molecule has 0 radical (unpaired) electrons. The van der Waals surface area contributed by atoms with E-state index in [4.69, 9.17) is 4.74 Å². The van der Waals surface area contributed by atoms with Crippen molar-refractivity contribution in [2.24, 2.45) is 0 Å². The van der Waals surface area contributed by atoms with Gasteiger partial charge in [0.15, 0.2) is 0 Å². The monoisotopic (exact) mass is 271 g/mol. The van der Waals surface area contributed by atoms with Crippen molar-refractivity contribution in [1.29, 1.82) is 0 Å². The van der Waals surface area contributed by atoms with Gasteiger partial charge in [-0.1, -0.05) is 6.07 Å². The average Bonchev–Trinajstić information content (AvgIpc) is 2.48. The highest BCUT2D eigenvalue weighted by atomic mass is 16.5. The van der Waals surface area contributed by atoms with Crippen LogP contribution in [0.3, 0.4) is 0 Å². The molecule has 1 N–H and O–H groups in total. The van der Waals surface area contributed by atoms with Crippen LogP contribution < -0.4 is 10.1 Å². The molecule has 1 fully saturated rings. The maximum absolute atomic E-state index is 5.96. The van der Waals surface area contributed by atoms with Gasteiger partial charge in [0.25, 0.3) is 0 Å². The molecule has 2 heterocycles. The van der Waals surface area contributed by atoms with Crippen molar-refractivity contribution < 1.29 is 4.74 Å². The van der Waals surface area contributed by atoms with E-state index in [1.165, 1.54) is 0 Å². The molecule has 0 saturated carbocycles. The van der Waals surface area contributed by atoms with Gasteiger partial charge in [0.2, 0.25) is 0 Å². The third-order valence-corrected chi connectivity index (χ3v) is 3.71. The fourth-order valence-corrected chi connectivity index (χ4v) is 2.57. The largest absolute Gasteiger partial charge is 0.492 e. The molecule has 0 unspecified atom stereocenters. The second kappa shape index (κ2) is 6.20. The van der Waals surface area contributed by atoms with Gasteiger partial charge >= 0.3 is 0 Å². The number of benzene rings is 1.